The van der Waals surface area contributed by atoms with Crippen molar-refractivity contribution in [3.8, 4) is 0 Å². The molecule has 0 aliphatic carbocycles. The van der Waals surface area contributed by atoms with Gasteiger partial charge < -0.3 is 10.2 Å². The second-order valence-corrected chi connectivity index (χ2v) is 8.59. The van der Waals surface area contributed by atoms with Crippen LogP contribution in [0.15, 0.2) is 17.5 Å². The molecule has 1 amide bonds. The maximum absolute atomic E-state index is 12.2. The van der Waals surface area contributed by atoms with Gasteiger partial charge in [0.15, 0.2) is 0 Å². The summed E-state index contributed by atoms with van der Waals surface area (Å²) in [5.41, 5.74) is 0. The van der Waals surface area contributed by atoms with E-state index in [0.717, 1.165) is 6.54 Å². The summed E-state index contributed by atoms with van der Waals surface area (Å²) in [6, 6.07) is 3.44. The van der Waals surface area contributed by atoms with Gasteiger partial charge >= 0.3 is 0 Å². The van der Waals surface area contributed by atoms with Crippen molar-refractivity contribution in [2.24, 2.45) is 5.92 Å². The fraction of sp³-hybridized carbons (Fsp3) is 0.615. The first-order valence-electron chi connectivity index (χ1n) is 6.71. The number of carbonyl (C=O) groups excluding carboxylic acids is 1. The highest BCUT2D eigenvalue weighted by molar-refractivity contribution is 7.88. The van der Waals surface area contributed by atoms with Gasteiger partial charge in [-0.15, -0.1) is 11.3 Å². The lowest BCUT2D eigenvalue weighted by molar-refractivity contribution is 0.0931. The van der Waals surface area contributed by atoms with E-state index in [9.17, 15) is 13.2 Å². The molecule has 6 nitrogen and oxygen atoms in total. The van der Waals surface area contributed by atoms with Crippen LogP contribution in [0.4, 0.5) is 0 Å². The fourth-order valence-electron chi connectivity index (χ4n) is 2.57. The largest absolute Gasteiger partial charge is 0.347 e. The lowest BCUT2D eigenvalue weighted by atomic mass is 10.0. The molecule has 1 saturated heterocycles. The van der Waals surface area contributed by atoms with Gasteiger partial charge in [-0.1, -0.05) is 6.07 Å². The second kappa shape index (κ2) is 6.43. The molecule has 1 fully saturated rings. The molecule has 0 bridgehead atoms. The zero-order valence-electron chi connectivity index (χ0n) is 12.4. The highest BCUT2D eigenvalue weighted by atomic mass is 32.2. The van der Waals surface area contributed by atoms with Crippen LogP contribution in [0, 0.1) is 5.92 Å². The molecular weight excluding hydrogens is 310 g/mol. The number of nitrogens with zero attached hydrogens (tertiary/aromatic N) is 2. The molecule has 0 radical (unpaired) electrons. The molecule has 21 heavy (non-hydrogen) atoms. The summed E-state index contributed by atoms with van der Waals surface area (Å²) in [7, 11) is 0.664. The van der Waals surface area contributed by atoms with Crippen molar-refractivity contribution in [3.63, 3.8) is 0 Å². The van der Waals surface area contributed by atoms with Gasteiger partial charge in [-0.25, -0.2) is 8.42 Å². The van der Waals surface area contributed by atoms with Gasteiger partial charge in [0.2, 0.25) is 10.0 Å². The van der Waals surface area contributed by atoms with E-state index in [1.807, 2.05) is 30.4 Å². The van der Waals surface area contributed by atoms with Crippen LogP contribution >= 0.6 is 11.3 Å². The predicted octanol–water partition coefficient (Wildman–Crippen LogP) is 0.300. The van der Waals surface area contributed by atoms with Gasteiger partial charge in [-0.3, -0.25) is 4.79 Å². The smallest absolute Gasteiger partial charge is 0.261 e. The Labute approximate surface area is 129 Å². The van der Waals surface area contributed by atoms with E-state index >= 15 is 0 Å². The van der Waals surface area contributed by atoms with Gasteiger partial charge in [-0.2, -0.15) is 4.31 Å². The van der Waals surface area contributed by atoms with Crippen LogP contribution in [0.5, 0.6) is 0 Å². The van der Waals surface area contributed by atoms with Crippen molar-refractivity contribution in [1.82, 2.24) is 14.5 Å². The zero-order chi connectivity index (χ0) is 15.6. The molecule has 1 aliphatic rings. The van der Waals surface area contributed by atoms with Crippen molar-refractivity contribution in [1.29, 1.82) is 0 Å². The summed E-state index contributed by atoms with van der Waals surface area (Å²) in [5, 5.41) is 4.83. The molecule has 1 aromatic heterocycles. The third-order valence-corrected chi connectivity index (χ3v) is 5.64. The van der Waals surface area contributed by atoms with Gasteiger partial charge in [0.05, 0.1) is 11.1 Å². The van der Waals surface area contributed by atoms with E-state index in [1.54, 1.807) is 6.07 Å². The van der Waals surface area contributed by atoms with Crippen molar-refractivity contribution >= 4 is 27.3 Å². The first-order valence-corrected chi connectivity index (χ1v) is 9.44. The predicted molar refractivity (Wildman–Crippen MR) is 84.0 cm³/mol. The third kappa shape index (κ3) is 4.26. The number of nitrogens with one attached hydrogen (secondary N) is 1. The summed E-state index contributed by atoms with van der Waals surface area (Å²) >= 11 is 1.38. The molecular formula is C13H21N3O3S2. The molecule has 1 N–H and O–H groups in total. The highest BCUT2D eigenvalue weighted by Crippen LogP contribution is 2.21. The summed E-state index contributed by atoms with van der Waals surface area (Å²) < 4.78 is 24.9. The number of rotatable bonds is 5. The van der Waals surface area contributed by atoms with Crippen LogP contribution in [0.1, 0.15) is 9.67 Å². The monoisotopic (exact) mass is 331 g/mol. The van der Waals surface area contributed by atoms with E-state index in [4.69, 9.17) is 0 Å². The topological polar surface area (TPSA) is 69.7 Å². The standard InChI is InChI=1S/C13H21N3O3S2/c1-15(2)7-10-8-16(21(3,18)19)9-11(10)14-13(17)12-5-4-6-20-12/h4-6,10-11H,7-9H2,1-3H3,(H,14,17)/t10-,11-/m1/s1. The minimum Gasteiger partial charge on any atom is -0.347 e. The van der Waals surface area contributed by atoms with Crippen LogP contribution in [0.2, 0.25) is 0 Å². The average molecular weight is 331 g/mol. The molecule has 1 aromatic rings. The number of thiophene rings is 1. The van der Waals surface area contributed by atoms with Crippen LogP contribution in [0.25, 0.3) is 0 Å². The molecule has 2 atom stereocenters. The molecule has 2 rings (SSSR count). The van der Waals surface area contributed by atoms with Crippen LogP contribution in [0.3, 0.4) is 0 Å². The minimum absolute atomic E-state index is 0.0960. The van der Waals surface area contributed by atoms with Crippen molar-refractivity contribution in [3.05, 3.63) is 22.4 Å². The SMILES string of the molecule is CN(C)C[C@@H]1CN(S(C)(=O)=O)C[C@H]1NC(=O)c1cccs1. The van der Waals surface area contributed by atoms with Crippen LogP contribution < -0.4 is 5.32 Å². The van der Waals surface area contributed by atoms with Gasteiger partial charge in [0, 0.05) is 31.6 Å². The average Bonchev–Trinajstić information content (AvgIpc) is 2.97. The van der Waals surface area contributed by atoms with E-state index in [2.05, 4.69) is 5.32 Å². The summed E-state index contributed by atoms with van der Waals surface area (Å²) in [6.45, 7) is 1.53. The Balaban J connectivity index is 2.09. The van der Waals surface area contributed by atoms with Gasteiger partial charge in [-0.05, 0) is 25.5 Å². The Bertz CT molecular complexity index is 584. The second-order valence-electron chi connectivity index (χ2n) is 5.66. The number of amides is 1. The molecule has 0 saturated carbocycles. The summed E-state index contributed by atoms with van der Waals surface area (Å²) in [5.74, 6) is -0.0345. The summed E-state index contributed by atoms with van der Waals surface area (Å²) in [6.07, 6.45) is 1.21. The van der Waals surface area contributed by atoms with Crippen LogP contribution in [-0.4, -0.2) is 69.6 Å². The third-order valence-electron chi connectivity index (χ3n) is 3.54. The van der Waals surface area contributed by atoms with Crippen LogP contribution in [-0.2, 0) is 10.0 Å². The fourth-order valence-corrected chi connectivity index (χ4v) is 4.09. The Morgan fingerprint density at radius 3 is 2.71 bits per heavy atom. The lowest BCUT2D eigenvalue weighted by Crippen LogP contribution is -2.43. The van der Waals surface area contributed by atoms with E-state index < -0.39 is 10.0 Å². The van der Waals surface area contributed by atoms with E-state index in [-0.39, 0.29) is 17.9 Å². The molecule has 0 aromatic carbocycles. The Morgan fingerprint density at radius 1 is 1.48 bits per heavy atom. The Kier molecular flexibility index (Phi) is 5.03. The van der Waals surface area contributed by atoms with Crippen molar-refractivity contribution < 1.29 is 13.2 Å². The first kappa shape index (κ1) is 16.4. The number of hydrogen-bond donors (Lipinski definition) is 1. The zero-order valence-corrected chi connectivity index (χ0v) is 14.1. The molecule has 2 heterocycles. The molecule has 0 unspecified atom stereocenters. The van der Waals surface area contributed by atoms with E-state index in [0.29, 0.717) is 18.0 Å². The summed E-state index contributed by atoms with van der Waals surface area (Å²) in [4.78, 5) is 14.8. The highest BCUT2D eigenvalue weighted by Gasteiger charge is 2.38. The van der Waals surface area contributed by atoms with Crippen molar-refractivity contribution in [2.45, 2.75) is 6.04 Å². The maximum Gasteiger partial charge on any atom is 0.261 e. The molecule has 0 spiro atoms. The molecule has 8 heteroatoms. The molecule has 118 valence electrons. The maximum atomic E-state index is 12.2. The van der Waals surface area contributed by atoms with Gasteiger partial charge in [0.1, 0.15) is 0 Å². The Morgan fingerprint density at radius 2 is 2.19 bits per heavy atom. The number of sulfonamides is 1. The first-order chi connectivity index (χ1) is 9.77. The lowest BCUT2D eigenvalue weighted by Gasteiger charge is -2.22. The molecule has 1 aliphatic heterocycles. The number of hydrogen-bond acceptors (Lipinski definition) is 5. The minimum atomic E-state index is -3.23. The van der Waals surface area contributed by atoms with E-state index in [1.165, 1.54) is 21.9 Å². The normalized spacial score (nSPS) is 23.6. The van der Waals surface area contributed by atoms with Gasteiger partial charge in [0.25, 0.3) is 5.91 Å². The number of carbonyl (C=O) groups is 1. The Hall–Kier alpha value is -0.960. The quantitative estimate of drug-likeness (QED) is 0.842. The van der Waals surface area contributed by atoms with Crippen molar-refractivity contribution in [2.75, 3.05) is 40.0 Å².